The molecule has 11 nitrogen and oxygen atoms in total. The first kappa shape index (κ1) is 39.3. The van der Waals surface area contributed by atoms with E-state index < -0.39 is 41.4 Å². The fraction of sp³-hybridized carbons (Fsp3) is 0.943. The van der Waals surface area contributed by atoms with Crippen molar-refractivity contribution in [1.29, 1.82) is 0 Å². The summed E-state index contributed by atoms with van der Waals surface area (Å²) in [5.74, 6) is -1.52. The van der Waals surface area contributed by atoms with Crippen molar-refractivity contribution in [3.8, 4) is 0 Å². The minimum atomic E-state index is -1.44. The number of aliphatic hydroxyl groups excluding tert-OH is 1. The number of carbonyl (C=O) groups is 2. The highest BCUT2D eigenvalue weighted by Gasteiger charge is 2.51. The lowest BCUT2D eigenvalue weighted by atomic mass is 9.74. The molecule has 3 heterocycles. The van der Waals surface area contributed by atoms with Gasteiger partial charge >= 0.3 is 5.97 Å². The molecule has 11 heteroatoms. The predicted octanol–water partition coefficient (Wildman–Crippen LogP) is 3.21. The Morgan fingerprint density at radius 3 is 2.30 bits per heavy atom. The summed E-state index contributed by atoms with van der Waals surface area (Å²) in [6.45, 7) is 18.0. The number of hydrogen-bond donors (Lipinski definition) is 1. The Labute approximate surface area is 278 Å². The lowest BCUT2D eigenvalue weighted by molar-refractivity contribution is -0.295. The number of nitrogens with zero attached hydrogens (tertiary/aromatic N) is 3. The molecule has 0 aromatic carbocycles. The van der Waals surface area contributed by atoms with Crippen molar-refractivity contribution < 1.29 is 38.4 Å². The predicted molar refractivity (Wildman–Crippen MR) is 178 cm³/mol. The minimum Gasteiger partial charge on any atom is -0.463 e. The van der Waals surface area contributed by atoms with Crippen molar-refractivity contribution in [2.75, 3.05) is 67.6 Å². The minimum absolute atomic E-state index is 0.118. The molecule has 10 atom stereocenters. The number of rotatable bonds is 10. The quantitative estimate of drug-likeness (QED) is 0.277. The van der Waals surface area contributed by atoms with E-state index >= 15 is 0 Å². The van der Waals surface area contributed by atoms with Gasteiger partial charge in [-0.2, -0.15) is 0 Å². The molecule has 3 fully saturated rings. The van der Waals surface area contributed by atoms with Crippen LogP contribution in [0.15, 0.2) is 0 Å². The topological polar surface area (TPSA) is 110 Å². The van der Waals surface area contributed by atoms with E-state index in [1.165, 1.54) is 12.8 Å². The summed E-state index contributed by atoms with van der Waals surface area (Å²) in [5.41, 5.74) is -2.38. The largest absolute Gasteiger partial charge is 0.463 e. The van der Waals surface area contributed by atoms with Gasteiger partial charge in [-0.05, 0) is 99.4 Å². The first-order valence-electron chi connectivity index (χ1n) is 17.5. The highest BCUT2D eigenvalue weighted by Crippen LogP contribution is 2.38. The van der Waals surface area contributed by atoms with Crippen LogP contribution in [0.25, 0.3) is 0 Å². The molecule has 0 spiro atoms. The van der Waals surface area contributed by atoms with E-state index in [9.17, 15) is 14.7 Å². The normalized spacial score (nSPS) is 38.2. The maximum absolute atomic E-state index is 14.3. The number of hydrogen-bond acceptors (Lipinski definition) is 11. The van der Waals surface area contributed by atoms with Gasteiger partial charge in [-0.15, -0.1) is 0 Å². The second kappa shape index (κ2) is 17.0. The molecule has 3 aliphatic rings. The number of ketones is 1. The Morgan fingerprint density at radius 1 is 1.09 bits per heavy atom. The fourth-order valence-corrected chi connectivity index (χ4v) is 7.94. The van der Waals surface area contributed by atoms with E-state index in [1.807, 2.05) is 32.8 Å². The van der Waals surface area contributed by atoms with Gasteiger partial charge in [0.05, 0.1) is 30.0 Å². The fourth-order valence-electron chi connectivity index (χ4n) is 7.94. The Bertz CT molecular complexity index is 975. The zero-order valence-corrected chi connectivity index (χ0v) is 30.6. The van der Waals surface area contributed by atoms with Crippen LogP contribution in [-0.4, -0.2) is 148 Å². The van der Waals surface area contributed by atoms with Crippen LogP contribution in [0.2, 0.25) is 0 Å². The van der Waals surface area contributed by atoms with Crippen LogP contribution in [0.4, 0.5) is 0 Å². The van der Waals surface area contributed by atoms with Crippen LogP contribution in [0.5, 0.6) is 0 Å². The number of methoxy groups -OCH3 is 2. The van der Waals surface area contributed by atoms with Crippen molar-refractivity contribution in [2.24, 2.45) is 17.3 Å². The van der Waals surface area contributed by atoms with Crippen LogP contribution in [-0.2, 0) is 33.3 Å². The van der Waals surface area contributed by atoms with Crippen LogP contribution in [0, 0.1) is 17.3 Å². The van der Waals surface area contributed by atoms with Gasteiger partial charge in [-0.1, -0.05) is 20.8 Å². The number of cyclic esters (lactones) is 1. The van der Waals surface area contributed by atoms with E-state index in [1.54, 1.807) is 35.0 Å². The number of likely N-dealkylation sites (tertiary alicyclic amines) is 1. The number of carbonyl (C=O) groups excluding carboxylic acids is 2. The third-order valence-corrected chi connectivity index (χ3v) is 10.8. The first-order chi connectivity index (χ1) is 21.6. The summed E-state index contributed by atoms with van der Waals surface area (Å²) in [6.07, 6.45) is 1.48. The number of Topliss-reactive ketones (excluding diaryl/α,β-unsaturated/α-hetero) is 1. The van der Waals surface area contributed by atoms with E-state index in [4.69, 9.17) is 23.7 Å². The Hall–Kier alpha value is -1.18. The summed E-state index contributed by atoms with van der Waals surface area (Å²) in [4.78, 5) is 34.8. The average molecular weight is 656 g/mol. The summed E-state index contributed by atoms with van der Waals surface area (Å²) >= 11 is 0. The van der Waals surface area contributed by atoms with Gasteiger partial charge < -0.3 is 38.6 Å². The molecule has 0 aliphatic carbocycles. The Kier molecular flexibility index (Phi) is 14.5. The van der Waals surface area contributed by atoms with Gasteiger partial charge in [0.15, 0.2) is 12.1 Å². The lowest BCUT2D eigenvalue weighted by Gasteiger charge is -2.47. The molecule has 0 aromatic rings. The van der Waals surface area contributed by atoms with Crippen LogP contribution >= 0.6 is 0 Å². The zero-order valence-electron chi connectivity index (χ0n) is 30.6. The molecule has 0 saturated carbocycles. The summed E-state index contributed by atoms with van der Waals surface area (Å²) in [6, 6.07) is -0.355. The van der Waals surface area contributed by atoms with Crippen molar-refractivity contribution in [2.45, 2.75) is 129 Å². The van der Waals surface area contributed by atoms with Gasteiger partial charge in [-0.25, -0.2) is 0 Å². The van der Waals surface area contributed by atoms with Crippen molar-refractivity contribution in [3.05, 3.63) is 0 Å². The van der Waals surface area contributed by atoms with Gasteiger partial charge in [0.1, 0.15) is 18.1 Å². The van der Waals surface area contributed by atoms with E-state index in [2.05, 4.69) is 23.6 Å². The summed E-state index contributed by atoms with van der Waals surface area (Å²) < 4.78 is 31.2. The molecule has 268 valence electrons. The number of aliphatic hydroxyl groups is 1. The SMILES string of the molecule is CCN1C[C@H](C)C[C@@](C)(OC)[C@H](O[C@@H]2O[C@H](C)C[C@H](N(C)C)[C@H]2O)[C@@H](C)C(=O)C(C)(C)C(=O)OC[C@H]1[C@@H](CCN1CCCC1)OC. The third kappa shape index (κ3) is 9.28. The smallest absolute Gasteiger partial charge is 0.319 e. The first-order valence-corrected chi connectivity index (χ1v) is 17.5. The zero-order chi connectivity index (χ0) is 34.4. The number of ether oxygens (including phenoxy) is 5. The van der Waals surface area contributed by atoms with E-state index in [0.717, 1.165) is 32.6 Å². The average Bonchev–Trinajstić information content (AvgIpc) is 3.54. The molecule has 0 amide bonds. The van der Waals surface area contributed by atoms with Crippen LogP contribution in [0.3, 0.4) is 0 Å². The maximum atomic E-state index is 14.3. The van der Waals surface area contributed by atoms with Crippen LogP contribution < -0.4 is 0 Å². The van der Waals surface area contributed by atoms with Crippen LogP contribution in [0.1, 0.15) is 80.6 Å². The third-order valence-electron chi connectivity index (χ3n) is 10.8. The lowest BCUT2D eigenvalue weighted by Crippen LogP contribution is -2.59. The molecule has 46 heavy (non-hydrogen) atoms. The molecule has 0 unspecified atom stereocenters. The highest BCUT2D eigenvalue weighted by atomic mass is 16.7. The Balaban J connectivity index is 1.98. The molecule has 3 rings (SSSR count). The van der Waals surface area contributed by atoms with Gasteiger partial charge in [0.25, 0.3) is 0 Å². The molecule has 0 bridgehead atoms. The molecule has 3 saturated heterocycles. The van der Waals surface area contributed by atoms with Gasteiger partial charge in [0, 0.05) is 39.3 Å². The second-order valence-corrected chi connectivity index (χ2v) is 15.1. The molecular weight excluding hydrogens is 590 g/mol. The molecule has 0 radical (unpaired) electrons. The van der Waals surface area contributed by atoms with Gasteiger partial charge in [0.2, 0.25) is 0 Å². The van der Waals surface area contributed by atoms with E-state index in [0.29, 0.717) is 19.4 Å². The van der Waals surface area contributed by atoms with Crippen molar-refractivity contribution in [1.82, 2.24) is 14.7 Å². The highest BCUT2D eigenvalue weighted by molar-refractivity contribution is 6.04. The standard InChI is InChI=1S/C35H65N3O8/c1-12-38-21-23(2)20-35(7,43-11)31(46-32-29(39)26(36(8)9)19-24(3)45-32)25(4)30(40)34(5,6)33(41)44-22-27(38)28(42-10)15-18-37-16-13-14-17-37/h23-29,31-32,39H,12-22H2,1-11H3/t23-,24-,25+,26+,27+,28-,29-,31-,32+,35-/m1/s1. The second-order valence-electron chi connectivity index (χ2n) is 15.1. The molecule has 0 aromatic heterocycles. The maximum Gasteiger partial charge on any atom is 0.319 e. The van der Waals surface area contributed by atoms with Gasteiger partial charge in [-0.3, -0.25) is 14.5 Å². The number of likely N-dealkylation sites (N-methyl/N-ethyl adjacent to an activating group) is 2. The summed E-state index contributed by atoms with van der Waals surface area (Å²) in [7, 11) is 7.23. The summed E-state index contributed by atoms with van der Waals surface area (Å²) in [5, 5.41) is 11.4. The van der Waals surface area contributed by atoms with Crippen molar-refractivity contribution in [3.63, 3.8) is 0 Å². The molecule has 3 aliphatic heterocycles. The monoisotopic (exact) mass is 655 g/mol. The Morgan fingerprint density at radius 2 is 1.74 bits per heavy atom. The number of esters is 1. The molecule has 1 N–H and O–H groups in total. The van der Waals surface area contributed by atoms with E-state index in [-0.39, 0.29) is 42.6 Å². The molecular formula is C35H65N3O8. The van der Waals surface area contributed by atoms with Crippen molar-refractivity contribution >= 4 is 11.8 Å².